The minimum absolute atomic E-state index is 0.0471. The molecule has 2 saturated heterocycles. The Morgan fingerprint density at radius 1 is 1.67 bits per heavy atom. The van der Waals surface area contributed by atoms with Gasteiger partial charge in [-0.15, -0.1) is 0 Å². The minimum atomic E-state index is -0.272. The predicted molar refractivity (Wildman–Crippen MR) is 56.7 cm³/mol. The van der Waals surface area contributed by atoms with Gasteiger partial charge in [0.1, 0.15) is 6.10 Å². The highest BCUT2D eigenvalue weighted by molar-refractivity contribution is 5.69. The molecule has 0 aromatic heterocycles. The van der Waals surface area contributed by atoms with Crippen LogP contribution in [0.5, 0.6) is 0 Å². The quantitative estimate of drug-likeness (QED) is 0.669. The number of likely N-dealkylation sites (tertiary alicyclic amines) is 1. The molecular weight excluding hydrogens is 194 g/mol. The normalized spacial score (nSPS) is 31.7. The fourth-order valence-electron chi connectivity index (χ4n) is 2.36. The van der Waals surface area contributed by atoms with Crippen LogP contribution in [0.15, 0.2) is 0 Å². The summed E-state index contributed by atoms with van der Waals surface area (Å²) in [6.45, 7) is 4.86. The molecule has 0 aromatic carbocycles. The lowest BCUT2D eigenvalue weighted by Gasteiger charge is -2.18. The average molecular weight is 213 g/mol. The Morgan fingerprint density at radius 2 is 2.53 bits per heavy atom. The summed E-state index contributed by atoms with van der Waals surface area (Å²) in [6.07, 6.45) is 1.02. The molecule has 5 nitrogen and oxygen atoms in total. The SMILES string of the molecule is CNCC1CCN(CC2CNC(=O)O2)C1. The van der Waals surface area contributed by atoms with E-state index < -0.39 is 0 Å². The van der Waals surface area contributed by atoms with Crippen molar-refractivity contribution in [3.8, 4) is 0 Å². The van der Waals surface area contributed by atoms with E-state index in [9.17, 15) is 4.79 Å². The highest BCUT2D eigenvalue weighted by atomic mass is 16.6. The molecule has 2 N–H and O–H groups in total. The van der Waals surface area contributed by atoms with E-state index in [1.165, 1.54) is 6.42 Å². The summed E-state index contributed by atoms with van der Waals surface area (Å²) in [7, 11) is 1.99. The fourth-order valence-corrected chi connectivity index (χ4v) is 2.36. The molecule has 0 aromatic rings. The van der Waals surface area contributed by atoms with E-state index in [0.29, 0.717) is 6.54 Å². The molecule has 15 heavy (non-hydrogen) atoms. The van der Waals surface area contributed by atoms with Crippen LogP contribution in [0.25, 0.3) is 0 Å². The van der Waals surface area contributed by atoms with Crippen LogP contribution >= 0.6 is 0 Å². The number of amides is 1. The van der Waals surface area contributed by atoms with Crippen molar-refractivity contribution in [3.63, 3.8) is 0 Å². The summed E-state index contributed by atoms with van der Waals surface area (Å²) in [5.41, 5.74) is 0. The molecule has 1 amide bonds. The van der Waals surface area contributed by atoms with Gasteiger partial charge in [-0.25, -0.2) is 4.79 Å². The fraction of sp³-hybridized carbons (Fsp3) is 0.900. The lowest BCUT2D eigenvalue weighted by molar-refractivity contribution is 0.115. The van der Waals surface area contributed by atoms with E-state index >= 15 is 0 Å². The largest absolute Gasteiger partial charge is 0.443 e. The number of cyclic esters (lactones) is 1. The second-order valence-electron chi connectivity index (χ2n) is 4.38. The molecule has 0 aliphatic carbocycles. The summed E-state index contributed by atoms with van der Waals surface area (Å²) in [5.74, 6) is 0.750. The first kappa shape index (κ1) is 10.7. The number of carbonyl (C=O) groups is 1. The van der Waals surface area contributed by atoms with Crippen LogP contribution in [0.2, 0.25) is 0 Å². The first-order valence-electron chi connectivity index (χ1n) is 5.59. The van der Waals surface area contributed by atoms with Crippen molar-refractivity contribution < 1.29 is 9.53 Å². The Morgan fingerprint density at radius 3 is 3.20 bits per heavy atom. The van der Waals surface area contributed by atoms with Gasteiger partial charge in [0.25, 0.3) is 0 Å². The second kappa shape index (κ2) is 4.81. The Hall–Kier alpha value is -0.810. The third-order valence-electron chi connectivity index (χ3n) is 3.07. The number of nitrogens with one attached hydrogen (secondary N) is 2. The maximum absolute atomic E-state index is 10.8. The summed E-state index contributed by atoms with van der Waals surface area (Å²) in [5, 5.41) is 5.89. The van der Waals surface area contributed by atoms with Gasteiger partial charge in [0.2, 0.25) is 0 Å². The van der Waals surface area contributed by atoms with Gasteiger partial charge in [-0.3, -0.25) is 4.90 Å². The molecule has 2 rings (SSSR count). The molecule has 86 valence electrons. The highest BCUT2D eigenvalue weighted by Gasteiger charge is 2.28. The van der Waals surface area contributed by atoms with Crippen molar-refractivity contribution in [2.45, 2.75) is 12.5 Å². The molecule has 2 heterocycles. The predicted octanol–water partition coefficient (Wildman–Crippen LogP) is -0.364. The van der Waals surface area contributed by atoms with Crippen molar-refractivity contribution in [1.29, 1.82) is 0 Å². The summed E-state index contributed by atoms with van der Waals surface area (Å²) in [6, 6.07) is 0. The topological polar surface area (TPSA) is 53.6 Å². The lowest BCUT2D eigenvalue weighted by atomic mass is 10.1. The van der Waals surface area contributed by atoms with Crippen molar-refractivity contribution in [2.75, 3.05) is 39.8 Å². The molecule has 0 radical (unpaired) electrons. The molecule has 2 atom stereocenters. The van der Waals surface area contributed by atoms with Crippen LogP contribution in [0.4, 0.5) is 4.79 Å². The molecule has 2 unspecified atom stereocenters. The van der Waals surface area contributed by atoms with Crippen LogP contribution in [0, 0.1) is 5.92 Å². The zero-order valence-corrected chi connectivity index (χ0v) is 9.16. The van der Waals surface area contributed by atoms with E-state index in [1.807, 2.05) is 7.05 Å². The van der Waals surface area contributed by atoms with Gasteiger partial charge in [0.15, 0.2) is 0 Å². The second-order valence-corrected chi connectivity index (χ2v) is 4.38. The summed E-state index contributed by atoms with van der Waals surface area (Å²) < 4.78 is 5.11. The van der Waals surface area contributed by atoms with Gasteiger partial charge in [0.05, 0.1) is 6.54 Å². The number of nitrogens with zero attached hydrogens (tertiary/aromatic N) is 1. The van der Waals surface area contributed by atoms with Gasteiger partial charge in [-0.1, -0.05) is 0 Å². The third kappa shape index (κ3) is 2.82. The third-order valence-corrected chi connectivity index (χ3v) is 3.07. The van der Waals surface area contributed by atoms with Crippen LogP contribution in [-0.2, 0) is 4.74 Å². The Kier molecular flexibility index (Phi) is 3.43. The highest BCUT2D eigenvalue weighted by Crippen LogP contribution is 2.16. The lowest BCUT2D eigenvalue weighted by Crippen LogP contribution is -2.33. The monoisotopic (exact) mass is 213 g/mol. The number of hydrogen-bond acceptors (Lipinski definition) is 4. The molecule has 2 aliphatic heterocycles. The van der Waals surface area contributed by atoms with E-state index in [0.717, 1.165) is 32.1 Å². The average Bonchev–Trinajstić information content (AvgIpc) is 2.78. The molecule has 0 saturated carbocycles. The van der Waals surface area contributed by atoms with Gasteiger partial charge in [0, 0.05) is 13.1 Å². The Labute approximate surface area is 90.1 Å². The van der Waals surface area contributed by atoms with Crippen molar-refractivity contribution >= 4 is 6.09 Å². The molecule has 2 fully saturated rings. The van der Waals surface area contributed by atoms with Gasteiger partial charge in [-0.2, -0.15) is 0 Å². The summed E-state index contributed by atoms with van der Waals surface area (Å²) >= 11 is 0. The molecule has 0 bridgehead atoms. The van der Waals surface area contributed by atoms with Crippen LogP contribution in [-0.4, -0.2) is 56.9 Å². The zero-order valence-electron chi connectivity index (χ0n) is 9.16. The van der Waals surface area contributed by atoms with Crippen molar-refractivity contribution in [2.24, 2.45) is 5.92 Å². The van der Waals surface area contributed by atoms with E-state index in [2.05, 4.69) is 15.5 Å². The van der Waals surface area contributed by atoms with Gasteiger partial charge < -0.3 is 15.4 Å². The number of carbonyl (C=O) groups excluding carboxylic acids is 1. The Bertz CT molecular complexity index is 235. The first-order chi connectivity index (χ1) is 7.28. The summed E-state index contributed by atoms with van der Waals surface area (Å²) in [4.78, 5) is 13.2. The minimum Gasteiger partial charge on any atom is -0.443 e. The maximum Gasteiger partial charge on any atom is 0.407 e. The van der Waals surface area contributed by atoms with Crippen molar-refractivity contribution in [1.82, 2.24) is 15.5 Å². The van der Waals surface area contributed by atoms with Gasteiger partial charge in [-0.05, 0) is 32.5 Å². The molecular formula is C10H19N3O2. The number of alkyl carbamates (subject to hydrolysis) is 1. The maximum atomic E-state index is 10.8. The van der Waals surface area contributed by atoms with Crippen LogP contribution in [0.1, 0.15) is 6.42 Å². The number of rotatable bonds is 4. The standard InChI is InChI=1S/C10H19N3O2/c1-11-4-8-2-3-13(6-8)7-9-5-12-10(14)15-9/h8-9,11H,2-7H2,1H3,(H,12,14). The van der Waals surface area contributed by atoms with Crippen LogP contribution < -0.4 is 10.6 Å². The Balaban J connectivity index is 1.70. The molecule has 5 heteroatoms. The number of ether oxygens (including phenoxy) is 1. The van der Waals surface area contributed by atoms with Crippen LogP contribution in [0.3, 0.4) is 0 Å². The first-order valence-corrected chi connectivity index (χ1v) is 5.59. The smallest absolute Gasteiger partial charge is 0.407 e. The zero-order chi connectivity index (χ0) is 10.7. The van der Waals surface area contributed by atoms with Gasteiger partial charge >= 0.3 is 6.09 Å². The van der Waals surface area contributed by atoms with E-state index in [4.69, 9.17) is 4.74 Å². The van der Waals surface area contributed by atoms with E-state index in [-0.39, 0.29) is 12.2 Å². The van der Waals surface area contributed by atoms with Crippen molar-refractivity contribution in [3.05, 3.63) is 0 Å². The van der Waals surface area contributed by atoms with E-state index in [1.54, 1.807) is 0 Å². The molecule has 0 spiro atoms. The number of hydrogen-bond donors (Lipinski definition) is 2. The molecule has 2 aliphatic rings.